The second-order valence-corrected chi connectivity index (χ2v) is 13.7. The number of unbranched alkanes of at least 4 members (excludes halogenated alkanes) is 1. The minimum atomic E-state index is -5.21. The van der Waals surface area contributed by atoms with E-state index in [1.54, 1.807) is 20.8 Å². The summed E-state index contributed by atoms with van der Waals surface area (Å²) in [5.74, 6) is -5.36. The molecule has 0 aliphatic carbocycles. The molecule has 0 aliphatic rings. The molecule has 2 atom stereocenters. The summed E-state index contributed by atoms with van der Waals surface area (Å²) in [5, 5.41) is 24.9. The van der Waals surface area contributed by atoms with E-state index >= 15 is 0 Å². The van der Waals surface area contributed by atoms with Crippen molar-refractivity contribution < 1.29 is 55.7 Å². The van der Waals surface area contributed by atoms with Crippen LogP contribution in [0.4, 0.5) is 37.7 Å². The highest BCUT2D eigenvalue weighted by Gasteiger charge is 2.40. The van der Waals surface area contributed by atoms with Crippen molar-refractivity contribution >= 4 is 35.0 Å². The topological polar surface area (TPSA) is 133 Å². The van der Waals surface area contributed by atoms with Crippen molar-refractivity contribution in [1.82, 2.24) is 0 Å². The Balaban J connectivity index is 2.17. The zero-order valence-corrected chi connectivity index (χ0v) is 30.4. The average molecular weight is 751 g/mol. The first-order valence-corrected chi connectivity index (χ1v) is 17.3. The maximum absolute atomic E-state index is 14.5. The van der Waals surface area contributed by atoms with E-state index in [2.05, 4.69) is 10.6 Å². The van der Waals surface area contributed by atoms with E-state index < -0.39 is 97.1 Å². The largest absolute Gasteiger partial charge is 0.478 e. The minimum Gasteiger partial charge on any atom is -0.478 e. The number of carboxylic acid groups (broad SMARTS) is 2. The van der Waals surface area contributed by atoms with Crippen LogP contribution in [-0.2, 0) is 12.4 Å². The van der Waals surface area contributed by atoms with Crippen LogP contribution < -0.4 is 10.6 Å². The van der Waals surface area contributed by atoms with Crippen molar-refractivity contribution in [3.8, 4) is 11.1 Å². The third kappa shape index (κ3) is 9.76. The first-order chi connectivity index (χ1) is 24.6. The Morgan fingerprint density at radius 1 is 0.623 bits per heavy atom. The van der Waals surface area contributed by atoms with Gasteiger partial charge in [-0.05, 0) is 80.1 Å². The summed E-state index contributed by atoms with van der Waals surface area (Å²) < 4.78 is 86.9. The first kappa shape index (κ1) is 42.5. The van der Waals surface area contributed by atoms with Gasteiger partial charge in [0.2, 0.25) is 0 Å². The van der Waals surface area contributed by atoms with Crippen LogP contribution in [-0.4, -0.2) is 39.4 Å². The van der Waals surface area contributed by atoms with Crippen LogP contribution >= 0.6 is 0 Å². The predicted molar refractivity (Wildman–Crippen MR) is 190 cm³/mol. The summed E-state index contributed by atoms with van der Waals surface area (Å²) in [7, 11) is 0. The Hall–Kier alpha value is -4.88. The maximum atomic E-state index is 14.5. The number of hydrogen-bond acceptors (Lipinski definition) is 5. The highest BCUT2D eigenvalue weighted by molar-refractivity contribution is 6.16. The van der Waals surface area contributed by atoms with Crippen LogP contribution in [0, 0.1) is 5.41 Å². The summed E-state index contributed by atoms with van der Waals surface area (Å²) in [4.78, 5) is 51.4. The highest BCUT2D eigenvalue weighted by atomic mass is 19.4. The van der Waals surface area contributed by atoms with Crippen molar-refractivity contribution in [1.29, 1.82) is 0 Å². The third-order valence-electron chi connectivity index (χ3n) is 9.74. The zero-order valence-electron chi connectivity index (χ0n) is 30.4. The molecular weight excluding hydrogens is 706 g/mol. The fraction of sp³-hybridized carbons (Fsp3) is 0.436. The van der Waals surface area contributed by atoms with Gasteiger partial charge in [-0.1, -0.05) is 66.0 Å². The van der Waals surface area contributed by atoms with Gasteiger partial charge >= 0.3 is 24.3 Å². The van der Waals surface area contributed by atoms with Gasteiger partial charge in [-0.2, -0.15) is 26.3 Å². The van der Waals surface area contributed by atoms with Gasteiger partial charge < -0.3 is 20.8 Å². The lowest BCUT2D eigenvalue weighted by Gasteiger charge is -2.31. The van der Waals surface area contributed by atoms with E-state index in [0.29, 0.717) is 37.8 Å². The van der Waals surface area contributed by atoms with Crippen molar-refractivity contribution in [2.24, 2.45) is 5.41 Å². The van der Waals surface area contributed by atoms with E-state index in [-0.39, 0.29) is 12.1 Å². The van der Waals surface area contributed by atoms with Crippen LogP contribution in [0.25, 0.3) is 11.1 Å². The number of carbonyl (C=O) groups is 4. The summed E-state index contributed by atoms with van der Waals surface area (Å²) in [6, 6.07) is 6.56. The van der Waals surface area contributed by atoms with Crippen LogP contribution in [0.5, 0.6) is 0 Å². The number of halogens is 6. The van der Waals surface area contributed by atoms with E-state index in [0.717, 1.165) is 43.2 Å². The standard InChI is InChI=1S/C39H44F6N2O6/c1-7-11-17-37(6,10-4)47-23-13-15-25(31(19-23)39(43,44)45)24-14-12-22(18-30(24)38(40,41)42)46-33(49)27-20-26(32(48)36(5,9-3)16-8-2)28(34(50)51)21-29(27)35(52)53/h12-15,18-21,47H,7-11,16-17H2,1-6H3,(H,46,49)(H,50,51)(H,52,53). The van der Waals surface area contributed by atoms with Gasteiger partial charge in [-0.3, -0.25) is 9.59 Å². The number of aromatic carboxylic acids is 2. The van der Waals surface area contributed by atoms with Gasteiger partial charge in [0.05, 0.1) is 27.8 Å². The number of carbonyl (C=O) groups excluding carboxylic acids is 2. The summed E-state index contributed by atoms with van der Waals surface area (Å²) in [5.41, 5.74) is -9.21. The number of amides is 1. The molecule has 0 aromatic heterocycles. The number of Topliss-reactive ketones (excluding diaryl/α,β-unsaturated/α-hetero) is 1. The molecule has 3 rings (SSSR count). The Labute approximate surface area is 304 Å². The average Bonchev–Trinajstić information content (AvgIpc) is 3.09. The third-order valence-corrected chi connectivity index (χ3v) is 9.74. The Morgan fingerprint density at radius 2 is 1.11 bits per heavy atom. The van der Waals surface area contributed by atoms with E-state index in [1.165, 1.54) is 6.07 Å². The number of ketones is 1. The number of carboxylic acids is 2. The maximum Gasteiger partial charge on any atom is 0.417 e. The fourth-order valence-corrected chi connectivity index (χ4v) is 6.28. The molecule has 0 bridgehead atoms. The van der Waals surface area contributed by atoms with Gasteiger partial charge in [0, 0.05) is 27.9 Å². The lowest BCUT2D eigenvalue weighted by Crippen LogP contribution is -2.34. The highest BCUT2D eigenvalue weighted by Crippen LogP contribution is 2.45. The lowest BCUT2D eigenvalue weighted by molar-refractivity contribution is -0.139. The Morgan fingerprint density at radius 3 is 1.57 bits per heavy atom. The molecule has 1 amide bonds. The molecule has 4 N–H and O–H groups in total. The summed E-state index contributed by atoms with van der Waals surface area (Å²) in [6.45, 7) is 10.8. The molecule has 0 saturated carbocycles. The smallest absolute Gasteiger partial charge is 0.417 e. The second kappa shape index (κ2) is 16.4. The van der Waals surface area contributed by atoms with Gasteiger partial charge in [0.15, 0.2) is 5.78 Å². The number of hydrogen-bond donors (Lipinski definition) is 4. The number of nitrogens with one attached hydrogen (secondary N) is 2. The molecule has 0 aliphatic heterocycles. The number of anilines is 2. The zero-order chi connectivity index (χ0) is 40.1. The van der Waals surface area contributed by atoms with Crippen LogP contribution in [0.2, 0.25) is 0 Å². The molecule has 2 unspecified atom stereocenters. The fourth-order valence-electron chi connectivity index (χ4n) is 6.28. The van der Waals surface area contributed by atoms with Crippen LogP contribution in [0.1, 0.15) is 139 Å². The molecule has 14 heteroatoms. The summed E-state index contributed by atoms with van der Waals surface area (Å²) in [6.07, 6.45) is -6.21. The number of alkyl halides is 6. The van der Waals surface area contributed by atoms with Crippen molar-refractivity contribution in [2.75, 3.05) is 10.6 Å². The first-order valence-electron chi connectivity index (χ1n) is 17.3. The summed E-state index contributed by atoms with van der Waals surface area (Å²) >= 11 is 0. The molecule has 0 radical (unpaired) electrons. The molecule has 288 valence electrons. The monoisotopic (exact) mass is 750 g/mol. The van der Waals surface area contributed by atoms with Gasteiger partial charge in [-0.25, -0.2) is 9.59 Å². The number of benzene rings is 3. The van der Waals surface area contributed by atoms with Gasteiger partial charge in [0.25, 0.3) is 5.91 Å². The molecule has 0 heterocycles. The van der Waals surface area contributed by atoms with Crippen molar-refractivity contribution in [3.05, 3.63) is 81.9 Å². The van der Waals surface area contributed by atoms with Crippen LogP contribution in [0.3, 0.4) is 0 Å². The molecule has 8 nitrogen and oxygen atoms in total. The van der Waals surface area contributed by atoms with Gasteiger partial charge in [0.1, 0.15) is 0 Å². The minimum absolute atomic E-state index is 0.0777. The quantitative estimate of drug-likeness (QED) is 0.0846. The van der Waals surface area contributed by atoms with E-state index in [4.69, 9.17) is 0 Å². The second-order valence-electron chi connectivity index (χ2n) is 13.7. The normalized spacial score (nSPS) is 14.2. The Bertz CT molecular complexity index is 1870. The molecule has 3 aromatic rings. The van der Waals surface area contributed by atoms with E-state index in [9.17, 15) is 55.7 Å². The SMILES string of the molecule is CCCCC(C)(CC)Nc1ccc(-c2ccc(NC(=O)c3cc(C(=O)C(C)(CC)CCC)c(C(=O)O)cc3C(=O)O)cc2C(F)(F)F)c(C(F)(F)F)c1. The Kier molecular flexibility index (Phi) is 13.2. The molecule has 0 fully saturated rings. The molecule has 3 aromatic carbocycles. The number of rotatable bonds is 16. The van der Waals surface area contributed by atoms with Crippen molar-refractivity contribution in [2.45, 2.75) is 104 Å². The molecule has 53 heavy (non-hydrogen) atoms. The lowest BCUT2D eigenvalue weighted by atomic mass is 9.75. The molecule has 0 saturated heterocycles. The van der Waals surface area contributed by atoms with Crippen molar-refractivity contribution in [3.63, 3.8) is 0 Å². The van der Waals surface area contributed by atoms with Gasteiger partial charge in [-0.15, -0.1) is 0 Å². The molecule has 0 spiro atoms. The van der Waals surface area contributed by atoms with Crippen LogP contribution in [0.15, 0.2) is 48.5 Å². The molecular formula is C39H44F6N2O6. The van der Waals surface area contributed by atoms with E-state index in [1.807, 2.05) is 20.8 Å². The predicted octanol–water partition coefficient (Wildman–Crippen LogP) is 11.2.